The van der Waals surface area contributed by atoms with Gasteiger partial charge in [-0.3, -0.25) is 20.5 Å². The van der Waals surface area contributed by atoms with E-state index in [9.17, 15) is 9.18 Å². The number of methoxy groups -OCH3 is 1. The summed E-state index contributed by atoms with van der Waals surface area (Å²) in [5, 5.41) is 11.9. The molecule has 0 saturated carbocycles. The summed E-state index contributed by atoms with van der Waals surface area (Å²) in [6.45, 7) is 2.42. The van der Waals surface area contributed by atoms with Crippen LogP contribution in [0.1, 0.15) is 12.8 Å². The summed E-state index contributed by atoms with van der Waals surface area (Å²) < 4.78 is 18.4. The van der Waals surface area contributed by atoms with Crippen molar-refractivity contribution in [2.24, 2.45) is 16.6 Å². The summed E-state index contributed by atoms with van der Waals surface area (Å²) in [7, 11) is 1.71. The number of amides is 1. The predicted octanol–water partition coefficient (Wildman–Crippen LogP) is 0.489. The van der Waals surface area contributed by atoms with Gasteiger partial charge >= 0.3 is 0 Å². The van der Waals surface area contributed by atoms with Crippen molar-refractivity contribution in [3.05, 3.63) is 41.9 Å². The Kier molecular flexibility index (Phi) is 6.68. The molecule has 1 saturated heterocycles. The van der Waals surface area contributed by atoms with E-state index in [-0.39, 0.29) is 11.4 Å². The molecule has 6 N–H and O–H groups in total. The number of aliphatic imine (C=N–C) groups is 1. The number of pyridine rings is 1. The summed E-state index contributed by atoms with van der Waals surface area (Å²) in [4.78, 5) is 23.0. The van der Waals surface area contributed by atoms with Crippen molar-refractivity contribution in [2.45, 2.75) is 12.8 Å². The Balaban J connectivity index is 1.78. The number of hydrogen-bond acceptors (Lipinski definition) is 6. The number of aromatic nitrogens is 1. The van der Waals surface area contributed by atoms with E-state index in [0.29, 0.717) is 11.6 Å². The van der Waals surface area contributed by atoms with Crippen LogP contribution in [-0.2, 0) is 9.53 Å². The fourth-order valence-corrected chi connectivity index (χ4v) is 3.42. The molecule has 2 aliphatic heterocycles. The molecule has 9 nitrogen and oxygen atoms in total. The summed E-state index contributed by atoms with van der Waals surface area (Å²) in [5.74, 6) is -0.934. The number of allylic oxidation sites excluding steroid dienone is 1. The lowest BCUT2D eigenvalue weighted by Gasteiger charge is -2.34. The molecule has 0 radical (unpaired) electrons. The molecule has 0 bridgehead atoms. The van der Waals surface area contributed by atoms with Crippen molar-refractivity contribution >= 4 is 29.3 Å². The van der Waals surface area contributed by atoms with E-state index in [0.717, 1.165) is 50.6 Å². The van der Waals surface area contributed by atoms with E-state index in [1.165, 1.54) is 5.32 Å². The second kappa shape index (κ2) is 9.39. The van der Waals surface area contributed by atoms with Crippen LogP contribution in [0.5, 0.6) is 0 Å². The lowest BCUT2D eigenvalue weighted by molar-refractivity contribution is -0.538. The number of carbonyl (C=O) groups is 1. The van der Waals surface area contributed by atoms with E-state index in [1.807, 2.05) is 6.07 Å². The predicted molar refractivity (Wildman–Crippen MR) is 108 cm³/mol. The molecule has 2 aliphatic rings. The first-order valence-corrected chi connectivity index (χ1v) is 9.32. The molecule has 1 amide bonds. The molecular weight excluding hydrogens is 377 g/mol. The van der Waals surface area contributed by atoms with Gasteiger partial charge in [-0.15, -0.1) is 0 Å². The molecule has 0 unspecified atom stereocenters. The number of anilines is 2. The topological polar surface area (TPSA) is 133 Å². The summed E-state index contributed by atoms with van der Waals surface area (Å²) in [5.41, 5.74) is 6.84. The number of nitrogens with two attached hydrogens (primary N) is 2. The molecular formula is C19H25FN7O2+. The Morgan fingerprint density at radius 1 is 1.48 bits per heavy atom. The average molecular weight is 402 g/mol. The third-order valence-corrected chi connectivity index (χ3v) is 4.88. The van der Waals surface area contributed by atoms with Gasteiger partial charge in [0.1, 0.15) is 12.0 Å². The molecule has 3 rings (SSSR count). The van der Waals surface area contributed by atoms with Crippen LogP contribution < -0.4 is 21.3 Å². The zero-order chi connectivity index (χ0) is 20.8. The molecule has 29 heavy (non-hydrogen) atoms. The first-order chi connectivity index (χ1) is 14.0. The highest BCUT2D eigenvalue weighted by molar-refractivity contribution is 6.24. The Labute approximate surface area is 168 Å². The van der Waals surface area contributed by atoms with Crippen molar-refractivity contribution in [3.8, 4) is 0 Å². The maximum absolute atomic E-state index is 13.2. The van der Waals surface area contributed by atoms with Gasteiger partial charge < -0.3 is 20.7 Å². The number of piperidine rings is 1. The number of rotatable bonds is 6. The fourth-order valence-electron chi connectivity index (χ4n) is 3.42. The van der Waals surface area contributed by atoms with Gasteiger partial charge in [0.15, 0.2) is 11.4 Å². The van der Waals surface area contributed by atoms with E-state index >= 15 is 0 Å². The van der Waals surface area contributed by atoms with Gasteiger partial charge in [-0.25, -0.2) is 4.99 Å². The van der Waals surface area contributed by atoms with Crippen LogP contribution in [0.25, 0.3) is 0 Å². The highest BCUT2D eigenvalue weighted by Crippen LogP contribution is 2.29. The fraction of sp³-hybridized carbons (Fsp3) is 0.368. The van der Waals surface area contributed by atoms with Crippen molar-refractivity contribution in [1.29, 1.82) is 5.41 Å². The smallest absolute Gasteiger partial charge is 0.267 e. The zero-order valence-electron chi connectivity index (χ0n) is 16.2. The van der Waals surface area contributed by atoms with Gasteiger partial charge in [0.05, 0.1) is 23.8 Å². The SMILES string of the molecule is COCC1CCN(c2ccncc2NC(=O)C(C(=N)N)=C2N=CC(F)=C[NH2+]2)CC1. The van der Waals surface area contributed by atoms with Gasteiger partial charge in [-0.1, -0.05) is 0 Å². The average Bonchev–Trinajstić information content (AvgIpc) is 2.71. The van der Waals surface area contributed by atoms with Gasteiger partial charge in [0.2, 0.25) is 5.82 Å². The number of nitrogens with zero attached hydrogens (tertiary/aromatic N) is 3. The monoisotopic (exact) mass is 402 g/mol. The van der Waals surface area contributed by atoms with Crippen molar-refractivity contribution < 1.29 is 19.2 Å². The minimum Gasteiger partial charge on any atom is -0.384 e. The van der Waals surface area contributed by atoms with Crippen molar-refractivity contribution in [3.63, 3.8) is 0 Å². The van der Waals surface area contributed by atoms with E-state index < -0.39 is 17.6 Å². The quantitative estimate of drug-likeness (QED) is 0.312. The molecule has 154 valence electrons. The molecule has 10 heteroatoms. The van der Waals surface area contributed by atoms with Gasteiger partial charge in [-0.2, -0.15) is 4.39 Å². The maximum Gasteiger partial charge on any atom is 0.267 e. The Bertz CT molecular complexity index is 873. The second-order valence-electron chi connectivity index (χ2n) is 6.88. The minimum atomic E-state index is -0.597. The normalized spacial score (nSPS) is 19.0. The first kappa shape index (κ1) is 20.6. The van der Waals surface area contributed by atoms with Gasteiger partial charge in [-0.05, 0) is 24.8 Å². The number of nitrogens with one attached hydrogen (secondary N) is 2. The van der Waals surface area contributed by atoms with Gasteiger partial charge in [0.25, 0.3) is 5.91 Å². The standard InChI is InChI=1S/C19H24FN7O2/c1-29-11-12-3-6-27(7-4-12)15-2-5-23-10-14(15)26-19(28)16(17(21)22)18-24-8-13(20)9-25-18/h2,5,8-10,12,24H,3-4,6-7,11H2,1H3,(H3,21,22)(H,26,28)/p+1. The molecule has 0 aromatic carbocycles. The van der Waals surface area contributed by atoms with E-state index in [1.54, 1.807) is 19.5 Å². The molecule has 1 aromatic heterocycles. The summed E-state index contributed by atoms with van der Waals surface area (Å²) >= 11 is 0. The Hall–Kier alpha value is -3.11. The molecule has 0 aliphatic carbocycles. The van der Waals surface area contributed by atoms with Crippen LogP contribution >= 0.6 is 0 Å². The Morgan fingerprint density at radius 2 is 2.24 bits per heavy atom. The third-order valence-electron chi connectivity index (χ3n) is 4.88. The minimum absolute atomic E-state index is 0.126. The number of hydrogen-bond donors (Lipinski definition) is 4. The summed E-state index contributed by atoms with van der Waals surface area (Å²) in [6, 6.07) is 1.84. The molecule has 0 spiro atoms. The Morgan fingerprint density at radius 3 is 2.86 bits per heavy atom. The number of halogens is 1. The van der Waals surface area contributed by atoms with Crippen LogP contribution in [0.3, 0.4) is 0 Å². The number of carbonyl (C=O) groups excluding carboxylic acids is 1. The maximum atomic E-state index is 13.2. The van der Waals surface area contributed by atoms with Crippen LogP contribution in [0, 0.1) is 11.3 Å². The number of amidine groups is 1. The summed E-state index contributed by atoms with van der Waals surface area (Å²) in [6.07, 6.45) is 7.36. The molecule has 1 fully saturated rings. The highest BCUT2D eigenvalue weighted by atomic mass is 19.1. The van der Waals surface area contributed by atoms with Crippen LogP contribution in [-0.4, -0.2) is 49.7 Å². The molecule has 3 heterocycles. The van der Waals surface area contributed by atoms with E-state index in [4.69, 9.17) is 15.9 Å². The zero-order valence-corrected chi connectivity index (χ0v) is 16.2. The second-order valence-corrected chi connectivity index (χ2v) is 6.88. The molecule has 1 aromatic rings. The van der Waals surface area contributed by atoms with E-state index in [2.05, 4.69) is 20.2 Å². The highest BCUT2D eigenvalue weighted by Gasteiger charge is 2.26. The lowest BCUT2D eigenvalue weighted by Crippen LogP contribution is -2.77. The number of ether oxygens (including phenoxy) is 1. The lowest BCUT2D eigenvalue weighted by atomic mass is 9.97. The van der Waals surface area contributed by atoms with Crippen LogP contribution in [0.15, 0.2) is 46.9 Å². The van der Waals surface area contributed by atoms with Crippen LogP contribution in [0.4, 0.5) is 15.8 Å². The largest absolute Gasteiger partial charge is 0.384 e. The van der Waals surface area contributed by atoms with Crippen LogP contribution in [0.2, 0.25) is 0 Å². The van der Waals surface area contributed by atoms with Crippen molar-refractivity contribution in [1.82, 2.24) is 4.98 Å². The third kappa shape index (κ3) is 5.04. The van der Waals surface area contributed by atoms with Gasteiger partial charge in [0, 0.05) is 33.0 Å². The number of quaternary nitrogens is 1. The first-order valence-electron chi connectivity index (χ1n) is 9.32. The molecule has 0 atom stereocenters. The van der Waals surface area contributed by atoms with Crippen molar-refractivity contribution in [2.75, 3.05) is 37.0 Å².